The first-order valence-corrected chi connectivity index (χ1v) is 5.77. The largest absolute Gasteiger partial charge is 0.465 e. The highest BCUT2D eigenvalue weighted by Gasteiger charge is 2.13. The zero-order chi connectivity index (χ0) is 13.5. The standard InChI is InChI=1S/C13H18N2O3/c1-3-18-13(17)9-15(2)12(16)8-10-4-6-11(14)7-5-10/h4-7H,3,8-9,14H2,1-2H3. The second-order valence-corrected chi connectivity index (χ2v) is 3.97. The van der Waals surface area contributed by atoms with E-state index in [0.29, 0.717) is 12.3 Å². The van der Waals surface area contributed by atoms with Gasteiger partial charge in [0.1, 0.15) is 6.54 Å². The lowest BCUT2D eigenvalue weighted by atomic mass is 10.1. The van der Waals surface area contributed by atoms with Crippen LogP contribution in [0.2, 0.25) is 0 Å². The van der Waals surface area contributed by atoms with Crippen LogP contribution >= 0.6 is 0 Å². The number of hydrogen-bond donors (Lipinski definition) is 1. The van der Waals surface area contributed by atoms with Crippen molar-refractivity contribution in [3.63, 3.8) is 0 Å². The van der Waals surface area contributed by atoms with E-state index in [2.05, 4.69) is 0 Å². The summed E-state index contributed by atoms with van der Waals surface area (Å²) in [5.74, 6) is -0.529. The van der Waals surface area contributed by atoms with Crippen LogP contribution in [-0.2, 0) is 20.7 Å². The van der Waals surface area contributed by atoms with Crippen molar-refractivity contribution >= 4 is 17.6 Å². The molecule has 98 valence electrons. The van der Waals surface area contributed by atoms with Gasteiger partial charge in [-0.15, -0.1) is 0 Å². The molecule has 1 amide bonds. The van der Waals surface area contributed by atoms with E-state index in [1.807, 2.05) is 0 Å². The van der Waals surface area contributed by atoms with E-state index in [1.165, 1.54) is 4.90 Å². The fourth-order valence-electron chi connectivity index (χ4n) is 1.43. The van der Waals surface area contributed by atoms with Crippen LogP contribution in [0.4, 0.5) is 5.69 Å². The molecule has 1 aromatic rings. The number of hydrogen-bond acceptors (Lipinski definition) is 4. The van der Waals surface area contributed by atoms with Crippen molar-refractivity contribution in [3.05, 3.63) is 29.8 Å². The predicted octanol–water partition coefficient (Wildman–Crippen LogP) is 0.833. The summed E-state index contributed by atoms with van der Waals surface area (Å²) in [5, 5.41) is 0. The molecule has 1 rings (SSSR count). The van der Waals surface area contributed by atoms with Gasteiger partial charge in [-0.3, -0.25) is 9.59 Å². The maximum absolute atomic E-state index is 11.8. The molecule has 0 fully saturated rings. The number of carbonyl (C=O) groups excluding carboxylic acids is 2. The molecule has 0 aromatic heterocycles. The van der Waals surface area contributed by atoms with Crippen molar-refractivity contribution in [2.45, 2.75) is 13.3 Å². The average molecular weight is 250 g/mol. The minimum Gasteiger partial charge on any atom is -0.465 e. The van der Waals surface area contributed by atoms with Gasteiger partial charge in [0.2, 0.25) is 5.91 Å². The normalized spacial score (nSPS) is 9.89. The van der Waals surface area contributed by atoms with Gasteiger partial charge < -0.3 is 15.4 Å². The molecule has 0 saturated heterocycles. The average Bonchev–Trinajstić information content (AvgIpc) is 2.32. The van der Waals surface area contributed by atoms with Crippen LogP contribution in [0.3, 0.4) is 0 Å². The Kier molecular flexibility index (Phi) is 5.17. The molecule has 0 unspecified atom stereocenters. The van der Waals surface area contributed by atoms with E-state index in [-0.39, 0.29) is 18.9 Å². The molecule has 0 aliphatic rings. The van der Waals surface area contributed by atoms with Crippen LogP contribution in [0.15, 0.2) is 24.3 Å². The summed E-state index contributed by atoms with van der Waals surface area (Å²) in [6.07, 6.45) is 0.246. The van der Waals surface area contributed by atoms with Gasteiger partial charge in [0, 0.05) is 12.7 Å². The van der Waals surface area contributed by atoms with Gasteiger partial charge in [-0.1, -0.05) is 12.1 Å². The van der Waals surface area contributed by atoms with E-state index in [4.69, 9.17) is 10.5 Å². The third-order valence-corrected chi connectivity index (χ3v) is 2.43. The molecule has 0 atom stereocenters. The second-order valence-electron chi connectivity index (χ2n) is 3.97. The van der Waals surface area contributed by atoms with Crippen molar-refractivity contribution in [2.24, 2.45) is 0 Å². The van der Waals surface area contributed by atoms with Crippen LogP contribution in [0.25, 0.3) is 0 Å². The Balaban J connectivity index is 2.49. The highest BCUT2D eigenvalue weighted by Crippen LogP contribution is 2.07. The van der Waals surface area contributed by atoms with Gasteiger partial charge in [0.25, 0.3) is 0 Å². The number of benzene rings is 1. The van der Waals surface area contributed by atoms with Crippen molar-refractivity contribution in [2.75, 3.05) is 25.9 Å². The fraction of sp³-hybridized carbons (Fsp3) is 0.385. The number of ether oxygens (including phenoxy) is 1. The van der Waals surface area contributed by atoms with Gasteiger partial charge in [0.05, 0.1) is 13.0 Å². The lowest BCUT2D eigenvalue weighted by Crippen LogP contribution is -2.34. The predicted molar refractivity (Wildman–Crippen MR) is 68.8 cm³/mol. The number of anilines is 1. The molecule has 5 heteroatoms. The highest BCUT2D eigenvalue weighted by molar-refractivity contribution is 5.83. The van der Waals surface area contributed by atoms with Crippen molar-refractivity contribution in [1.82, 2.24) is 4.90 Å². The summed E-state index contributed by atoms with van der Waals surface area (Å²) in [5.41, 5.74) is 7.08. The molecule has 5 nitrogen and oxygen atoms in total. The molecule has 0 bridgehead atoms. The lowest BCUT2D eigenvalue weighted by Gasteiger charge is -2.16. The molecular weight excluding hydrogens is 232 g/mol. The van der Waals surface area contributed by atoms with Crippen molar-refractivity contribution < 1.29 is 14.3 Å². The Morgan fingerprint density at radius 2 is 1.89 bits per heavy atom. The topological polar surface area (TPSA) is 72.6 Å². The molecule has 0 radical (unpaired) electrons. The molecule has 0 aliphatic heterocycles. The van der Waals surface area contributed by atoms with Crippen molar-refractivity contribution in [1.29, 1.82) is 0 Å². The van der Waals surface area contributed by atoms with E-state index >= 15 is 0 Å². The van der Waals surface area contributed by atoms with E-state index < -0.39 is 5.97 Å². The Morgan fingerprint density at radius 3 is 2.44 bits per heavy atom. The molecule has 2 N–H and O–H groups in total. The summed E-state index contributed by atoms with van der Waals surface area (Å²) in [7, 11) is 1.58. The van der Waals surface area contributed by atoms with Crippen LogP contribution in [0.5, 0.6) is 0 Å². The van der Waals surface area contributed by atoms with Gasteiger partial charge in [0.15, 0.2) is 0 Å². The third kappa shape index (κ3) is 4.45. The molecule has 0 heterocycles. The van der Waals surface area contributed by atoms with E-state index in [0.717, 1.165) is 5.56 Å². The molecule has 18 heavy (non-hydrogen) atoms. The summed E-state index contributed by atoms with van der Waals surface area (Å²) in [4.78, 5) is 24.4. The van der Waals surface area contributed by atoms with Crippen LogP contribution in [0.1, 0.15) is 12.5 Å². The van der Waals surface area contributed by atoms with Crippen molar-refractivity contribution in [3.8, 4) is 0 Å². The Bertz CT molecular complexity index is 415. The van der Waals surface area contributed by atoms with Gasteiger partial charge >= 0.3 is 5.97 Å². The first kappa shape index (κ1) is 14.0. The van der Waals surface area contributed by atoms with Crippen LogP contribution in [-0.4, -0.2) is 37.0 Å². The third-order valence-electron chi connectivity index (χ3n) is 2.43. The smallest absolute Gasteiger partial charge is 0.325 e. The first-order valence-electron chi connectivity index (χ1n) is 5.77. The zero-order valence-corrected chi connectivity index (χ0v) is 10.7. The summed E-state index contributed by atoms with van der Waals surface area (Å²) >= 11 is 0. The van der Waals surface area contributed by atoms with Gasteiger partial charge in [-0.2, -0.15) is 0 Å². The SMILES string of the molecule is CCOC(=O)CN(C)C(=O)Cc1ccc(N)cc1. The minimum absolute atomic E-state index is 0.0261. The molecular formula is C13H18N2O3. The number of nitrogen functional groups attached to an aromatic ring is 1. The Hall–Kier alpha value is -2.04. The van der Waals surface area contributed by atoms with E-state index in [9.17, 15) is 9.59 Å². The van der Waals surface area contributed by atoms with Gasteiger partial charge in [-0.05, 0) is 24.6 Å². The molecule has 0 aliphatic carbocycles. The fourth-order valence-corrected chi connectivity index (χ4v) is 1.43. The monoisotopic (exact) mass is 250 g/mol. The molecule has 0 saturated carbocycles. The number of nitrogens with two attached hydrogens (primary N) is 1. The summed E-state index contributed by atoms with van der Waals surface area (Å²) in [6.45, 7) is 2.02. The lowest BCUT2D eigenvalue weighted by molar-refractivity contribution is -0.147. The van der Waals surface area contributed by atoms with Gasteiger partial charge in [-0.25, -0.2) is 0 Å². The minimum atomic E-state index is -0.398. The van der Waals surface area contributed by atoms with E-state index in [1.54, 1.807) is 38.2 Å². The zero-order valence-electron chi connectivity index (χ0n) is 10.7. The number of amides is 1. The summed E-state index contributed by atoms with van der Waals surface area (Å²) in [6, 6.07) is 7.08. The van der Waals surface area contributed by atoms with Crippen LogP contribution < -0.4 is 5.73 Å². The maximum Gasteiger partial charge on any atom is 0.325 e. The molecule has 0 spiro atoms. The maximum atomic E-state index is 11.8. The first-order chi connectivity index (χ1) is 8.52. The second kappa shape index (κ2) is 6.64. The molecule has 1 aromatic carbocycles. The Labute approximate surface area is 107 Å². The number of esters is 1. The van der Waals surface area contributed by atoms with Crippen LogP contribution in [0, 0.1) is 0 Å². The number of nitrogens with zero attached hydrogens (tertiary/aromatic N) is 1. The highest BCUT2D eigenvalue weighted by atomic mass is 16.5. The summed E-state index contributed by atoms with van der Waals surface area (Å²) < 4.78 is 4.78. The number of carbonyl (C=O) groups is 2. The number of rotatable bonds is 5. The quantitative estimate of drug-likeness (QED) is 0.620. The number of likely N-dealkylation sites (N-methyl/N-ethyl adjacent to an activating group) is 1. The Morgan fingerprint density at radius 1 is 1.28 bits per heavy atom.